The molecular formula is C12H13ClFNO. The number of piperidine rings is 1. The van der Waals surface area contributed by atoms with Gasteiger partial charge in [-0.15, -0.1) is 11.6 Å². The molecule has 1 atom stereocenters. The first-order valence-electron chi connectivity index (χ1n) is 5.31. The van der Waals surface area contributed by atoms with Crippen molar-refractivity contribution in [1.82, 2.24) is 5.32 Å². The molecule has 1 amide bonds. The maximum Gasteiger partial charge on any atom is 0.220 e. The van der Waals surface area contributed by atoms with Crippen molar-refractivity contribution >= 4 is 17.5 Å². The average Bonchev–Trinajstić information content (AvgIpc) is 2.29. The molecule has 1 heterocycles. The molecule has 1 aromatic carbocycles. The van der Waals surface area contributed by atoms with Crippen molar-refractivity contribution in [3.8, 4) is 0 Å². The topological polar surface area (TPSA) is 29.1 Å². The number of nitrogens with one attached hydrogen (secondary N) is 1. The molecule has 1 aliphatic rings. The maximum atomic E-state index is 13.5. The Labute approximate surface area is 98.8 Å². The van der Waals surface area contributed by atoms with Crippen molar-refractivity contribution in [2.75, 3.05) is 6.54 Å². The number of carbonyl (C=O) groups excluding carboxylic acids is 1. The number of halogens is 2. The number of benzene rings is 1. The summed E-state index contributed by atoms with van der Waals surface area (Å²) >= 11 is 5.59. The standard InChI is InChI=1S/C12H13ClFNO/c13-7-10-2-1-8(5-11(10)14)9-3-4-15-12(16)6-9/h1-2,5,9H,3-4,6-7H2,(H,15,16)/t9-/m1/s1. The van der Waals surface area contributed by atoms with Crippen molar-refractivity contribution in [2.24, 2.45) is 0 Å². The van der Waals surface area contributed by atoms with E-state index in [-0.39, 0.29) is 23.5 Å². The van der Waals surface area contributed by atoms with E-state index < -0.39 is 0 Å². The number of alkyl halides is 1. The van der Waals surface area contributed by atoms with Gasteiger partial charge in [-0.25, -0.2) is 4.39 Å². The fourth-order valence-electron chi connectivity index (χ4n) is 1.99. The van der Waals surface area contributed by atoms with Gasteiger partial charge in [0.1, 0.15) is 5.82 Å². The van der Waals surface area contributed by atoms with Gasteiger partial charge in [-0.3, -0.25) is 4.79 Å². The SMILES string of the molecule is O=C1C[C@H](c2ccc(CCl)c(F)c2)CCN1. The molecule has 0 aliphatic carbocycles. The van der Waals surface area contributed by atoms with Gasteiger partial charge in [-0.1, -0.05) is 12.1 Å². The summed E-state index contributed by atoms with van der Waals surface area (Å²) in [6.07, 6.45) is 1.31. The smallest absolute Gasteiger partial charge is 0.220 e. The summed E-state index contributed by atoms with van der Waals surface area (Å²) < 4.78 is 13.5. The Morgan fingerprint density at radius 2 is 2.31 bits per heavy atom. The lowest BCUT2D eigenvalue weighted by molar-refractivity contribution is -0.122. The molecule has 0 aromatic heterocycles. The molecule has 2 rings (SSSR count). The molecule has 0 radical (unpaired) electrons. The van der Waals surface area contributed by atoms with Crippen LogP contribution in [0.15, 0.2) is 18.2 Å². The largest absolute Gasteiger partial charge is 0.356 e. The Morgan fingerprint density at radius 3 is 2.94 bits per heavy atom. The molecule has 4 heteroatoms. The predicted molar refractivity (Wildman–Crippen MR) is 60.9 cm³/mol. The predicted octanol–water partition coefficient (Wildman–Crippen LogP) is 2.56. The summed E-state index contributed by atoms with van der Waals surface area (Å²) in [5.74, 6) is 0.0706. The summed E-state index contributed by atoms with van der Waals surface area (Å²) in [6, 6.07) is 5.06. The second-order valence-electron chi connectivity index (χ2n) is 4.02. The molecule has 1 aromatic rings. The molecule has 1 fully saturated rings. The van der Waals surface area contributed by atoms with Gasteiger partial charge in [0.15, 0.2) is 0 Å². The Hall–Kier alpha value is -1.09. The van der Waals surface area contributed by atoms with E-state index in [4.69, 9.17) is 11.6 Å². The van der Waals surface area contributed by atoms with E-state index in [9.17, 15) is 9.18 Å². The molecular weight excluding hydrogens is 229 g/mol. The van der Waals surface area contributed by atoms with Crippen LogP contribution < -0.4 is 5.32 Å². The molecule has 0 saturated carbocycles. The van der Waals surface area contributed by atoms with Crippen LogP contribution in [0.1, 0.15) is 29.9 Å². The first-order valence-corrected chi connectivity index (χ1v) is 5.85. The summed E-state index contributed by atoms with van der Waals surface area (Å²) in [4.78, 5) is 11.2. The lowest BCUT2D eigenvalue weighted by Crippen LogP contribution is -2.32. The maximum absolute atomic E-state index is 13.5. The normalized spacial score (nSPS) is 20.6. The van der Waals surface area contributed by atoms with Gasteiger partial charge in [0.05, 0.1) is 5.88 Å². The van der Waals surface area contributed by atoms with Crippen molar-refractivity contribution < 1.29 is 9.18 Å². The number of amides is 1. The highest BCUT2D eigenvalue weighted by Gasteiger charge is 2.21. The second kappa shape index (κ2) is 4.83. The third-order valence-electron chi connectivity index (χ3n) is 2.94. The van der Waals surface area contributed by atoms with E-state index in [0.717, 1.165) is 12.0 Å². The van der Waals surface area contributed by atoms with Crippen LogP contribution >= 0.6 is 11.6 Å². The van der Waals surface area contributed by atoms with Gasteiger partial charge >= 0.3 is 0 Å². The van der Waals surface area contributed by atoms with Crippen LogP contribution in [0, 0.1) is 5.82 Å². The fraction of sp³-hybridized carbons (Fsp3) is 0.417. The zero-order valence-electron chi connectivity index (χ0n) is 8.80. The molecule has 0 spiro atoms. The molecule has 86 valence electrons. The fourth-order valence-corrected chi connectivity index (χ4v) is 2.21. The quantitative estimate of drug-likeness (QED) is 0.793. The van der Waals surface area contributed by atoms with Gasteiger partial charge in [0.2, 0.25) is 5.91 Å². The average molecular weight is 242 g/mol. The highest BCUT2D eigenvalue weighted by molar-refractivity contribution is 6.17. The van der Waals surface area contributed by atoms with Crippen molar-refractivity contribution in [3.63, 3.8) is 0 Å². The number of hydrogen-bond donors (Lipinski definition) is 1. The van der Waals surface area contributed by atoms with Gasteiger partial charge in [0.25, 0.3) is 0 Å². The Bertz CT molecular complexity index is 408. The van der Waals surface area contributed by atoms with E-state index in [1.165, 1.54) is 6.07 Å². The summed E-state index contributed by atoms with van der Waals surface area (Å²) in [5.41, 5.74) is 1.40. The van der Waals surface area contributed by atoms with E-state index in [1.54, 1.807) is 6.07 Å². The minimum absolute atomic E-state index is 0.0399. The van der Waals surface area contributed by atoms with Gasteiger partial charge in [0, 0.05) is 18.5 Å². The van der Waals surface area contributed by atoms with Crippen LogP contribution in [0.2, 0.25) is 0 Å². The molecule has 0 unspecified atom stereocenters. The van der Waals surface area contributed by atoms with Crippen molar-refractivity contribution in [2.45, 2.75) is 24.6 Å². The molecule has 1 saturated heterocycles. The zero-order chi connectivity index (χ0) is 11.5. The molecule has 16 heavy (non-hydrogen) atoms. The van der Waals surface area contributed by atoms with Crippen LogP contribution in [-0.4, -0.2) is 12.5 Å². The zero-order valence-corrected chi connectivity index (χ0v) is 9.56. The third kappa shape index (κ3) is 2.35. The van der Waals surface area contributed by atoms with Crippen LogP contribution in [0.5, 0.6) is 0 Å². The summed E-state index contributed by atoms with van der Waals surface area (Å²) in [7, 11) is 0. The van der Waals surface area contributed by atoms with E-state index in [2.05, 4.69) is 5.32 Å². The van der Waals surface area contributed by atoms with E-state index >= 15 is 0 Å². The molecule has 2 nitrogen and oxygen atoms in total. The highest BCUT2D eigenvalue weighted by atomic mass is 35.5. The van der Waals surface area contributed by atoms with Crippen molar-refractivity contribution in [1.29, 1.82) is 0 Å². The number of hydrogen-bond acceptors (Lipinski definition) is 1. The monoisotopic (exact) mass is 241 g/mol. The highest BCUT2D eigenvalue weighted by Crippen LogP contribution is 2.27. The third-order valence-corrected chi connectivity index (χ3v) is 3.23. The Kier molecular flexibility index (Phi) is 3.44. The van der Waals surface area contributed by atoms with Crippen LogP contribution in [0.25, 0.3) is 0 Å². The summed E-state index contributed by atoms with van der Waals surface area (Å²) in [6.45, 7) is 0.669. The minimum atomic E-state index is -0.279. The first kappa shape index (κ1) is 11.4. The van der Waals surface area contributed by atoms with E-state index in [0.29, 0.717) is 18.5 Å². The lowest BCUT2D eigenvalue weighted by atomic mass is 9.89. The number of carbonyl (C=O) groups is 1. The van der Waals surface area contributed by atoms with Gasteiger partial charge in [-0.2, -0.15) is 0 Å². The van der Waals surface area contributed by atoms with Gasteiger partial charge < -0.3 is 5.32 Å². The van der Waals surface area contributed by atoms with E-state index in [1.807, 2.05) is 6.07 Å². The van der Waals surface area contributed by atoms with Crippen LogP contribution in [0.3, 0.4) is 0 Å². The molecule has 0 bridgehead atoms. The minimum Gasteiger partial charge on any atom is -0.356 e. The Balaban J connectivity index is 2.20. The van der Waals surface area contributed by atoms with Crippen molar-refractivity contribution in [3.05, 3.63) is 35.1 Å². The first-order chi connectivity index (χ1) is 7.70. The second-order valence-corrected chi connectivity index (χ2v) is 4.29. The Morgan fingerprint density at radius 1 is 1.50 bits per heavy atom. The van der Waals surface area contributed by atoms with Crippen LogP contribution in [0.4, 0.5) is 4.39 Å². The summed E-state index contributed by atoms with van der Waals surface area (Å²) in [5, 5.41) is 2.77. The lowest BCUT2D eigenvalue weighted by Gasteiger charge is -2.22. The molecule has 1 aliphatic heterocycles. The molecule has 1 N–H and O–H groups in total. The number of rotatable bonds is 2. The van der Waals surface area contributed by atoms with Gasteiger partial charge in [-0.05, 0) is 24.0 Å². The van der Waals surface area contributed by atoms with Crippen LogP contribution in [-0.2, 0) is 10.7 Å².